The largest absolute Gasteiger partial charge is 0.385 e. The first kappa shape index (κ1) is 29.1. The van der Waals surface area contributed by atoms with Crippen LogP contribution in [-0.2, 0) is 15.1 Å². The molecule has 2 amide bonds. The molecule has 0 radical (unpaired) electrons. The van der Waals surface area contributed by atoms with E-state index in [-0.39, 0.29) is 28.6 Å². The van der Waals surface area contributed by atoms with Crippen LogP contribution in [0.25, 0.3) is 0 Å². The lowest BCUT2D eigenvalue weighted by atomic mass is 9.74. The summed E-state index contributed by atoms with van der Waals surface area (Å²) >= 11 is 6.09. The predicted octanol–water partition coefficient (Wildman–Crippen LogP) is 4.31. The van der Waals surface area contributed by atoms with E-state index in [1.54, 1.807) is 24.1 Å². The molecular weight excluding hydrogens is 485 g/mol. The molecule has 0 spiro atoms. The van der Waals surface area contributed by atoms with E-state index in [2.05, 4.69) is 10.6 Å². The third-order valence-electron chi connectivity index (χ3n) is 7.70. The van der Waals surface area contributed by atoms with Gasteiger partial charge in [-0.15, -0.1) is 0 Å². The summed E-state index contributed by atoms with van der Waals surface area (Å²) in [6.45, 7) is 3.81. The predicted molar refractivity (Wildman–Crippen MR) is 140 cm³/mol. The van der Waals surface area contributed by atoms with Crippen LogP contribution in [0.4, 0.5) is 9.18 Å². The van der Waals surface area contributed by atoms with Crippen LogP contribution in [0.15, 0.2) is 18.2 Å². The van der Waals surface area contributed by atoms with Gasteiger partial charge in [0.15, 0.2) is 0 Å². The minimum absolute atomic E-state index is 0.00348. The van der Waals surface area contributed by atoms with Gasteiger partial charge in [0.05, 0.1) is 10.6 Å². The highest BCUT2D eigenvalue weighted by Crippen LogP contribution is 2.42. The summed E-state index contributed by atoms with van der Waals surface area (Å²) in [4.78, 5) is 15.1. The van der Waals surface area contributed by atoms with Crippen LogP contribution in [0.3, 0.4) is 0 Å². The number of likely N-dealkylation sites (N-methyl/N-ethyl adjacent to an activating group) is 1. The zero-order chi connectivity index (χ0) is 26.0. The van der Waals surface area contributed by atoms with Crippen LogP contribution in [0.1, 0.15) is 56.9 Å². The maximum Gasteiger partial charge on any atom is 0.317 e. The van der Waals surface area contributed by atoms with Crippen LogP contribution >= 0.6 is 11.6 Å². The normalized spacial score (nSPS) is 21.7. The maximum atomic E-state index is 15.1. The number of hydrogen-bond acceptors (Lipinski definition) is 5. The second kappa shape index (κ2) is 14.5. The number of nitrogens with one attached hydrogen (secondary N) is 2. The number of rotatable bonds is 12. The monoisotopic (exact) mass is 527 g/mol. The molecule has 3 rings (SSSR count). The fraction of sp³-hybridized carbons (Fsp3) is 0.741. The van der Waals surface area contributed by atoms with Gasteiger partial charge in [-0.2, -0.15) is 0 Å². The Hall–Kier alpha value is -1.45. The van der Waals surface area contributed by atoms with Crippen LogP contribution in [0.2, 0.25) is 5.02 Å². The van der Waals surface area contributed by atoms with Crippen LogP contribution in [-0.4, -0.2) is 75.7 Å². The van der Waals surface area contributed by atoms with Crippen molar-refractivity contribution in [3.05, 3.63) is 34.6 Å². The van der Waals surface area contributed by atoms with E-state index in [9.17, 15) is 9.90 Å². The van der Waals surface area contributed by atoms with Crippen molar-refractivity contribution in [2.75, 3.05) is 53.6 Å². The second-order valence-corrected chi connectivity index (χ2v) is 10.7. The summed E-state index contributed by atoms with van der Waals surface area (Å²) in [6.07, 6.45) is 6.20. The first-order valence-corrected chi connectivity index (χ1v) is 13.7. The topological polar surface area (TPSA) is 83.1 Å². The van der Waals surface area contributed by atoms with Crippen molar-refractivity contribution in [3.8, 4) is 0 Å². The molecule has 2 aliphatic heterocycles. The lowest BCUT2D eigenvalue weighted by Crippen LogP contribution is -2.54. The van der Waals surface area contributed by atoms with Gasteiger partial charge in [-0.25, -0.2) is 9.18 Å². The Morgan fingerprint density at radius 1 is 1.33 bits per heavy atom. The number of aliphatic hydroxyl groups is 1. The van der Waals surface area contributed by atoms with Gasteiger partial charge < -0.3 is 30.1 Å². The third kappa shape index (κ3) is 7.78. The van der Waals surface area contributed by atoms with Gasteiger partial charge >= 0.3 is 6.03 Å². The quantitative estimate of drug-likeness (QED) is 0.353. The molecule has 3 atom stereocenters. The molecule has 2 heterocycles. The van der Waals surface area contributed by atoms with Crippen LogP contribution < -0.4 is 10.6 Å². The van der Waals surface area contributed by atoms with E-state index in [4.69, 9.17) is 21.1 Å². The Morgan fingerprint density at radius 2 is 2.11 bits per heavy atom. The molecule has 9 heteroatoms. The number of ether oxygens (including phenoxy) is 2. The third-order valence-corrected chi connectivity index (χ3v) is 7.99. The molecule has 3 N–H and O–H groups in total. The van der Waals surface area contributed by atoms with Crippen molar-refractivity contribution in [1.82, 2.24) is 15.5 Å². The molecular formula is C27H43ClFN3O4. The standard InChI is InChI=1S/C27H43ClFN3O4/c1-30-18-22(17-20-10-15-36-16-11-20)31-26(33)32-13-6-7-21(19-32)27(34,12-3-4-14-35-2)23-8-5-9-24(28)25(23)29/h5,8-9,20-22,30,34H,3-4,6-7,10-19H2,1-2H3,(H,31,33)/t21-,22?,27+/m1/s1. The van der Waals surface area contributed by atoms with E-state index in [0.717, 1.165) is 45.3 Å². The Bertz CT molecular complexity index is 826. The summed E-state index contributed by atoms with van der Waals surface area (Å²) in [7, 11) is 3.53. The second-order valence-electron chi connectivity index (χ2n) is 10.3. The molecule has 1 aromatic carbocycles. The minimum Gasteiger partial charge on any atom is -0.385 e. The Balaban J connectivity index is 1.72. The van der Waals surface area contributed by atoms with Gasteiger partial charge in [0, 0.05) is 64.1 Å². The number of nitrogens with zero attached hydrogens (tertiary/aromatic N) is 1. The van der Waals surface area contributed by atoms with E-state index < -0.39 is 11.4 Å². The van der Waals surface area contributed by atoms with Gasteiger partial charge in [-0.1, -0.05) is 23.7 Å². The highest BCUT2D eigenvalue weighted by molar-refractivity contribution is 6.30. The van der Waals surface area contributed by atoms with E-state index >= 15 is 4.39 Å². The number of likely N-dealkylation sites (tertiary alicyclic amines) is 1. The van der Waals surface area contributed by atoms with Gasteiger partial charge in [-0.05, 0) is 70.4 Å². The summed E-state index contributed by atoms with van der Waals surface area (Å²) in [5.41, 5.74) is -1.21. The SMILES string of the molecule is CNCC(CC1CCOCC1)NC(=O)N1CCC[C@@H]([C@@](O)(CCCCOC)c2cccc(Cl)c2F)C1. The van der Waals surface area contributed by atoms with Gasteiger partial charge in [-0.3, -0.25) is 0 Å². The average molecular weight is 528 g/mol. The van der Waals surface area contributed by atoms with Crippen molar-refractivity contribution in [1.29, 1.82) is 0 Å². The number of halogens is 2. The van der Waals surface area contributed by atoms with E-state index in [0.29, 0.717) is 51.4 Å². The molecule has 7 nitrogen and oxygen atoms in total. The molecule has 1 aromatic rings. The molecule has 0 saturated carbocycles. The Labute approximate surface area is 220 Å². The molecule has 2 saturated heterocycles. The number of carbonyl (C=O) groups excluding carboxylic acids is 1. The van der Waals surface area contributed by atoms with Crippen molar-refractivity contribution < 1.29 is 23.8 Å². The zero-order valence-electron chi connectivity index (χ0n) is 21.7. The van der Waals surface area contributed by atoms with Crippen LogP contribution in [0.5, 0.6) is 0 Å². The first-order valence-electron chi connectivity index (χ1n) is 13.3. The fourth-order valence-electron chi connectivity index (χ4n) is 5.68. The Kier molecular flexibility index (Phi) is 11.7. The molecule has 1 unspecified atom stereocenters. The highest BCUT2D eigenvalue weighted by Gasteiger charge is 2.43. The minimum atomic E-state index is -1.42. The summed E-state index contributed by atoms with van der Waals surface area (Å²) < 4.78 is 25.8. The van der Waals surface area contributed by atoms with Crippen molar-refractivity contribution in [3.63, 3.8) is 0 Å². The molecule has 36 heavy (non-hydrogen) atoms. The highest BCUT2D eigenvalue weighted by atomic mass is 35.5. The summed E-state index contributed by atoms with van der Waals surface area (Å²) in [5, 5.41) is 18.4. The first-order chi connectivity index (χ1) is 17.4. The lowest BCUT2D eigenvalue weighted by molar-refractivity contribution is -0.0587. The van der Waals surface area contributed by atoms with Crippen molar-refractivity contribution in [2.45, 2.75) is 63.0 Å². The molecule has 0 bridgehead atoms. The number of unbranched alkanes of at least 4 members (excludes halogenated alkanes) is 1. The summed E-state index contributed by atoms with van der Waals surface area (Å²) in [5.74, 6) is -0.346. The van der Waals surface area contributed by atoms with Gasteiger partial charge in [0.1, 0.15) is 5.82 Å². The van der Waals surface area contributed by atoms with E-state index in [1.165, 1.54) is 6.07 Å². The molecule has 2 fully saturated rings. The molecule has 0 aromatic heterocycles. The smallest absolute Gasteiger partial charge is 0.317 e. The number of benzene rings is 1. The molecule has 204 valence electrons. The lowest BCUT2D eigenvalue weighted by Gasteiger charge is -2.43. The zero-order valence-corrected chi connectivity index (χ0v) is 22.5. The van der Waals surface area contributed by atoms with Crippen molar-refractivity contribution in [2.24, 2.45) is 11.8 Å². The molecule has 2 aliphatic rings. The number of amides is 2. The summed E-state index contributed by atoms with van der Waals surface area (Å²) in [6, 6.07) is 4.68. The van der Waals surface area contributed by atoms with E-state index in [1.807, 2.05) is 7.05 Å². The van der Waals surface area contributed by atoms with Gasteiger partial charge in [0.2, 0.25) is 0 Å². The molecule has 0 aliphatic carbocycles. The van der Waals surface area contributed by atoms with Crippen LogP contribution in [0, 0.1) is 17.7 Å². The number of hydrogen-bond donors (Lipinski definition) is 3. The Morgan fingerprint density at radius 3 is 2.83 bits per heavy atom. The fourth-order valence-corrected chi connectivity index (χ4v) is 5.85. The maximum absolute atomic E-state index is 15.1. The van der Waals surface area contributed by atoms with Gasteiger partial charge in [0.25, 0.3) is 0 Å². The number of carbonyl (C=O) groups is 1. The number of piperidine rings is 1. The average Bonchev–Trinajstić information content (AvgIpc) is 2.89. The van der Waals surface area contributed by atoms with Crippen molar-refractivity contribution >= 4 is 17.6 Å². The number of urea groups is 1. The number of methoxy groups -OCH3 is 1.